The minimum Gasteiger partial charge on any atom is -0.496 e. The molecule has 0 saturated heterocycles. The van der Waals surface area contributed by atoms with Crippen LogP contribution in [-0.4, -0.2) is 25.1 Å². The van der Waals surface area contributed by atoms with Crippen LogP contribution in [0.3, 0.4) is 0 Å². The molecule has 0 aromatic heterocycles. The van der Waals surface area contributed by atoms with Crippen LogP contribution in [0.2, 0.25) is 5.02 Å². The molecule has 0 heterocycles. The number of hydrogen-bond donors (Lipinski definition) is 2. The van der Waals surface area contributed by atoms with E-state index in [0.29, 0.717) is 5.69 Å². The number of aryl methyl sites for hydroxylation is 1. The average Bonchev–Trinajstić information content (AvgIpc) is 2.58. The van der Waals surface area contributed by atoms with Gasteiger partial charge in [0.25, 0.3) is 5.91 Å². The second-order valence-electron chi connectivity index (χ2n) is 5.48. The predicted molar refractivity (Wildman–Crippen MR) is 97.1 cm³/mol. The molecule has 25 heavy (non-hydrogen) atoms. The van der Waals surface area contributed by atoms with Gasteiger partial charge in [0.15, 0.2) is 6.10 Å². The van der Waals surface area contributed by atoms with Crippen molar-refractivity contribution in [2.24, 2.45) is 0 Å². The highest BCUT2D eigenvalue weighted by Crippen LogP contribution is 2.29. The molecule has 0 fully saturated rings. The van der Waals surface area contributed by atoms with Crippen molar-refractivity contribution in [1.29, 1.82) is 0 Å². The molecule has 3 N–H and O–H groups in total. The zero-order chi connectivity index (χ0) is 18.6. The number of methoxy groups -OCH3 is 1. The molecular weight excluding hydrogens is 344 g/mol. The van der Waals surface area contributed by atoms with E-state index in [1.165, 1.54) is 26.2 Å². The molecule has 1 atom stereocenters. The van der Waals surface area contributed by atoms with E-state index in [9.17, 15) is 9.59 Å². The Kier molecular flexibility index (Phi) is 5.88. The molecule has 7 heteroatoms. The van der Waals surface area contributed by atoms with E-state index in [-0.39, 0.29) is 22.0 Å². The zero-order valence-corrected chi connectivity index (χ0v) is 14.9. The van der Waals surface area contributed by atoms with Gasteiger partial charge in [-0.2, -0.15) is 0 Å². The highest BCUT2D eigenvalue weighted by Gasteiger charge is 2.22. The number of rotatable bonds is 5. The summed E-state index contributed by atoms with van der Waals surface area (Å²) in [5, 5.41) is 2.88. The van der Waals surface area contributed by atoms with E-state index < -0.39 is 18.0 Å². The van der Waals surface area contributed by atoms with Crippen molar-refractivity contribution in [2.45, 2.75) is 20.0 Å². The van der Waals surface area contributed by atoms with Gasteiger partial charge in [-0.3, -0.25) is 4.79 Å². The minimum atomic E-state index is -1.00. The summed E-state index contributed by atoms with van der Waals surface area (Å²) >= 11 is 5.94. The summed E-state index contributed by atoms with van der Waals surface area (Å²) in [6, 6.07) is 10.1. The molecule has 0 radical (unpaired) electrons. The van der Waals surface area contributed by atoms with Crippen molar-refractivity contribution in [3.05, 3.63) is 52.5 Å². The number of nitrogens with two attached hydrogens (primary N) is 1. The third-order valence-electron chi connectivity index (χ3n) is 3.51. The van der Waals surface area contributed by atoms with Crippen LogP contribution >= 0.6 is 11.6 Å². The number of halogens is 1. The Balaban J connectivity index is 2.08. The number of nitrogen functional groups attached to an aromatic ring is 1. The van der Waals surface area contributed by atoms with E-state index in [1.54, 1.807) is 12.1 Å². The summed E-state index contributed by atoms with van der Waals surface area (Å²) < 4.78 is 10.3. The molecule has 0 saturated carbocycles. The molecule has 0 aliphatic heterocycles. The van der Waals surface area contributed by atoms with Crippen LogP contribution in [0.4, 0.5) is 11.4 Å². The quantitative estimate of drug-likeness (QED) is 0.628. The highest BCUT2D eigenvalue weighted by atomic mass is 35.5. The first kappa shape index (κ1) is 18.6. The van der Waals surface area contributed by atoms with Gasteiger partial charge in [0.2, 0.25) is 0 Å². The van der Waals surface area contributed by atoms with Crippen LogP contribution < -0.4 is 15.8 Å². The van der Waals surface area contributed by atoms with Crippen molar-refractivity contribution < 1.29 is 19.1 Å². The molecule has 0 spiro atoms. The van der Waals surface area contributed by atoms with Gasteiger partial charge in [0.05, 0.1) is 17.8 Å². The molecule has 0 unspecified atom stereocenters. The van der Waals surface area contributed by atoms with Gasteiger partial charge in [-0.1, -0.05) is 29.3 Å². The van der Waals surface area contributed by atoms with E-state index in [1.807, 2.05) is 19.1 Å². The third-order valence-corrected chi connectivity index (χ3v) is 3.84. The molecule has 1 amide bonds. The fourth-order valence-corrected chi connectivity index (χ4v) is 2.22. The first-order valence-corrected chi connectivity index (χ1v) is 7.91. The Hall–Kier alpha value is -2.73. The second kappa shape index (κ2) is 7.90. The van der Waals surface area contributed by atoms with Crippen LogP contribution in [-0.2, 0) is 9.53 Å². The second-order valence-corrected chi connectivity index (χ2v) is 5.88. The summed E-state index contributed by atoms with van der Waals surface area (Å²) in [7, 11) is 1.40. The van der Waals surface area contributed by atoms with Crippen molar-refractivity contribution in [1.82, 2.24) is 0 Å². The van der Waals surface area contributed by atoms with Crippen LogP contribution in [0.5, 0.6) is 5.75 Å². The fourth-order valence-electron chi connectivity index (χ4n) is 2.06. The first-order chi connectivity index (χ1) is 11.8. The van der Waals surface area contributed by atoms with Crippen LogP contribution in [0.25, 0.3) is 0 Å². The van der Waals surface area contributed by atoms with Gasteiger partial charge in [0, 0.05) is 11.8 Å². The molecule has 0 bridgehead atoms. The number of esters is 1. The number of carbonyl (C=O) groups is 2. The van der Waals surface area contributed by atoms with Gasteiger partial charge in [0.1, 0.15) is 11.3 Å². The molecule has 2 rings (SSSR count). The topological polar surface area (TPSA) is 90.7 Å². The number of carbonyl (C=O) groups excluding carboxylic acids is 2. The van der Waals surface area contributed by atoms with Crippen molar-refractivity contribution >= 4 is 34.9 Å². The Morgan fingerprint density at radius 2 is 1.84 bits per heavy atom. The van der Waals surface area contributed by atoms with Crippen molar-refractivity contribution in [3.8, 4) is 5.75 Å². The maximum Gasteiger partial charge on any atom is 0.342 e. The lowest BCUT2D eigenvalue weighted by molar-refractivity contribution is -0.123. The van der Waals surface area contributed by atoms with E-state index in [0.717, 1.165) is 5.56 Å². The molecule has 6 nitrogen and oxygen atoms in total. The lowest BCUT2D eigenvalue weighted by Crippen LogP contribution is -2.30. The molecule has 0 aliphatic rings. The average molecular weight is 363 g/mol. The Morgan fingerprint density at radius 1 is 1.20 bits per heavy atom. The number of nitrogens with one attached hydrogen (secondary N) is 1. The van der Waals surface area contributed by atoms with Crippen LogP contribution in [0, 0.1) is 6.92 Å². The van der Waals surface area contributed by atoms with E-state index >= 15 is 0 Å². The maximum atomic E-state index is 12.3. The predicted octanol–water partition coefficient (Wildman–Crippen LogP) is 3.42. The molecule has 2 aromatic rings. The highest BCUT2D eigenvalue weighted by molar-refractivity contribution is 6.33. The standard InChI is InChI=1S/C18H19ClN2O4/c1-10-4-6-12(7-5-10)21-17(22)11(2)25-18(23)13-8-14(19)15(20)9-16(13)24-3/h4-9,11H,20H2,1-3H3,(H,21,22)/t11-/m1/s1. The molecule has 2 aromatic carbocycles. The summed E-state index contributed by atoms with van der Waals surface area (Å²) in [4.78, 5) is 24.5. The minimum absolute atomic E-state index is 0.0942. The first-order valence-electron chi connectivity index (χ1n) is 7.53. The smallest absolute Gasteiger partial charge is 0.342 e. The SMILES string of the molecule is COc1cc(N)c(Cl)cc1C(=O)O[C@H](C)C(=O)Nc1ccc(C)cc1. The number of benzene rings is 2. The molecule has 0 aliphatic carbocycles. The number of hydrogen-bond acceptors (Lipinski definition) is 5. The van der Waals surface area contributed by atoms with E-state index in [2.05, 4.69) is 5.32 Å². The summed E-state index contributed by atoms with van der Waals surface area (Å²) in [6.45, 7) is 3.42. The summed E-state index contributed by atoms with van der Waals surface area (Å²) in [5.74, 6) is -0.957. The van der Waals surface area contributed by atoms with Crippen LogP contribution in [0.1, 0.15) is 22.8 Å². The Bertz CT molecular complexity index is 790. The van der Waals surface area contributed by atoms with E-state index in [4.69, 9.17) is 26.8 Å². The molecule has 132 valence electrons. The Morgan fingerprint density at radius 3 is 2.44 bits per heavy atom. The number of amides is 1. The van der Waals surface area contributed by atoms with Gasteiger partial charge in [-0.15, -0.1) is 0 Å². The summed E-state index contributed by atoms with van der Waals surface area (Å²) in [6.07, 6.45) is -1.00. The van der Waals surface area contributed by atoms with Gasteiger partial charge < -0.3 is 20.5 Å². The Labute approximate surface area is 150 Å². The van der Waals surface area contributed by atoms with Gasteiger partial charge in [-0.05, 0) is 32.0 Å². The number of anilines is 2. The normalized spacial score (nSPS) is 11.5. The van der Waals surface area contributed by atoms with Crippen LogP contribution in [0.15, 0.2) is 36.4 Å². The lowest BCUT2D eigenvalue weighted by Gasteiger charge is -2.15. The largest absolute Gasteiger partial charge is 0.496 e. The van der Waals surface area contributed by atoms with Gasteiger partial charge >= 0.3 is 5.97 Å². The van der Waals surface area contributed by atoms with Crippen molar-refractivity contribution in [3.63, 3.8) is 0 Å². The molecular formula is C18H19ClN2O4. The monoisotopic (exact) mass is 362 g/mol. The third kappa shape index (κ3) is 4.64. The zero-order valence-electron chi connectivity index (χ0n) is 14.1. The number of ether oxygens (including phenoxy) is 2. The lowest BCUT2D eigenvalue weighted by atomic mass is 10.2. The van der Waals surface area contributed by atoms with Gasteiger partial charge in [-0.25, -0.2) is 4.79 Å². The maximum absolute atomic E-state index is 12.3. The van der Waals surface area contributed by atoms with Crippen molar-refractivity contribution in [2.75, 3.05) is 18.2 Å². The fraction of sp³-hybridized carbons (Fsp3) is 0.222. The summed E-state index contributed by atoms with van der Waals surface area (Å²) in [5.41, 5.74) is 7.75.